The second-order valence-electron chi connectivity index (χ2n) is 7.11. The Bertz CT molecular complexity index is 897. The van der Waals surface area contributed by atoms with E-state index in [-0.39, 0.29) is 5.56 Å². The summed E-state index contributed by atoms with van der Waals surface area (Å²) in [6.07, 6.45) is 3.56. The van der Waals surface area contributed by atoms with Gasteiger partial charge in [-0.3, -0.25) is 13.9 Å². The summed E-state index contributed by atoms with van der Waals surface area (Å²) in [5, 5.41) is 0.729. The number of hydrogen-bond acceptors (Lipinski definition) is 5. The van der Waals surface area contributed by atoms with Gasteiger partial charge in [-0.05, 0) is 32.1 Å². The highest BCUT2D eigenvalue weighted by atomic mass is 32.2. The molecule has 1 fully saturated rings. The molecule has 7 heteroatoms. The summed E-state index contributed by atoms with van der Waals surface area (Å²) >= 11 is 1.61. The van der Waals surface area contributed by atoms with E-state index in [0.717, 1.165) is 42.8 Å². The smallest absolute Gasteiger partial charge is 0.280 e. The van der Waals surface area contributed by atoms with Crippen molar-refractivity contribution in [2.75, 3.05) is 23.7 Å². The van der Waals surface area contributed by atoms with Gasteiger partial charge < -0.3 is 4.90 Å². The minimum Gasteiger partial charge on any atom is -0.342 e. The zero-order valence-corrected chi connectivity index (χ0v) is 16.9. The van der Waals surface area contributed by atoms with Gasteiger partial charge in [0.1, 0.15) is 0 Å². The Balaban J connectivity index is 2.12. The molecule has 3 heterocycles. The van der Waals surface area contributed by atoms with Gasteiger partial charge in [0, 0.05) is 25.9 Å². The van der Waals surface area contributed by atoms with E-state index in [9.17, 15) is 4.79 Å². The predicted octanol–water partition coefficient (Wildman–Crippen LogP) is 2.89. The van der Waals surface area contributed by atoms with Gasteiger partial charge in [-0.1, -0.05) is 31.5 Å². The maximum absolute atomic E-state index is 13.1. The summed E-state index contributed by atoms with van der Waals surface area (Å²) in [6.45, 7) is 8.55. The Labute approximate surface area is 159 Å². The normalized spacial score (nSPS) is 14.7. The number of hydrogen-bond donors (Lipinski definition) is 0. The summed E-state index contributed by atoms with van der Waals surface area (Å²) in [4.78, 5) is 24.8. The van der Waals surface area contributed by atoms with E-state index in [4.69, 9.17) is 9.97 Å². The van der Waals surface area contributed by atoms with Crippen molar-refractivity contribution in [1.82, 2.24) is 19.1 Å². The lowest BCUT2D eigenvalue weighted by atomic mass is 10.1. The second-order valence-corrected chi connectivity index (χ2v) is 8.10. The van der Waals surface area contributed by atoms with Crippen LogP contribution in [0, 0.1) is 17.8 Å². The largest absolute Gasteiger partial charge is 0.342 e. The number of thioether (sulfide) groups is 1. The van der Waals surface area contributed by atoms with Crippen LogP contribution in [-0.4, -0.2) is 37.9 Å². The first-order valence-corrected chi connectivity index (χ1v) is 10.3. The second kappa shape index (κ2) is 8.17. The molecule has 3 rings (SSSR count). The minimum atomic E-state index is -0.0464. The molecule has 1 aliphatic rings. The molecule has 0 amide bonds. The molecule has 26 heavy (non-hydrogen) atoms. The molecule has 6 nitrogen and oxygen atoms in total. The molecule has 0 aliphatic carbocycles. The van der Waals surface area contributed by atoms with Gasteiger partial charge in [0.25, 0.3) is 5.56 Å². The van der Waals surface area contributed by atoms with Crippen LogP contribution < -0.4 is 10.5 Å². The molecule has 0 N–H and O–H groups in total. The van der Waals surface area contributed by atoms with Gasteiger partial charge in [-0.15, -0.1) is 5.92 Å². The molecule has 0 saturated carbocycles. The number of imidazole rings is 1. The number of fused-ring (bicyclic) bond motifs is 1. The third kappa shape index (κ3) is 3.75. The summed E-state index contributed by atoms with van der Waals surface area (Å²) < 4.78 is 3.59. The zero-order chi connectivity index (χ0) is 18.7. The maximum Gasteiger partial charge on any atom is 0.280 e. The number of aromatic nitrogens is 4. The van der Waals surface area contributed by atoms with Crippen LogP contribution >= 0.6 is 11.8 Å². The molecule has 0 spiro atoms. The van der Waals surface area contributed by atoms with Gasteiger partial charge in [0.15, 0.2) is 16.3 Å². The van der Waals surface area contributed by atoms with Crippen molar-refractivity contribution >= 4 is 28.9 Å². The first-order valence-electron chi connectivity index (χ1n) is 9.27. The van der Waals surface area contributed by atoms with E-state index in [1.54, 1.807) is 23.4 Å². The molecule has 140 valence electrons. The van der Waals surface area contributed by atoms with Gasteiger partial charge in [0.05, 0.1) is 6.54 Å². The highest BCUT2D eigenvalue weighted by Gasteiger charge is 2.23. The van der Waals surface area contributed by atoms with E-state index in [2.05, 4.69) is 30.6 Å². The monoisotopic (exact) mass is 373 g/mol. The number of rotatable bonds is 5. The lowest BCUT2D eigenvalue weighted by Crippen LogP contribution is -2.32. The Morgan fingerprint density at radius 2 is 1.92 bits per heavy atom. The van der Waals surface area contributed by atoms with Crippen molar-refractivity contribution in [3.8, 4) is 11.8 Å². The van der Waals surface area contributed by atoms with Crippen molar-refractivity contribution in [2.24, 2.45) is 13.0 Å². The lowest BCUT2D eigenvalue weighted by Gasteiger charge is -2.27. The molecule has 0 atom stereocenters. The Morgan fingerprint density at radius 3 is 2.58 bits per heavy atom. The van der Waals surface area contributed by atoms with Crippen molar-refractivity contribution in [3.63, 3.8) is 0 Å². The Kier molecular flexibility index (Phi) is 5.92. The molecule has 1 aliphatic heterocycles. The van der Waals surface area contributed by atoms with Crippen molar-refractivity contribution < 1.29 is 0 Å². The summed E-state index contributed by atoms with van der Waals surface area (Å²) in [6, 6.07) is 0. The summed E-state index contributed by atoms with van der Waals surface area (Å²) in [5.74, 6) is 8.31. The van der Waals surface area contributed by atoms with Crippen LogP contribution in [0.4, 0.5) is 5.95 Å². The van der Waals surface area contributed by atoms with E-state index >= 15 is 0 Å². The highest BCUT2D eigenvalue weighted by Crippen LogP contribution is 2.25. The predicted molar refractivity (Wildman–Crippen MR) is 108 cm³/mol. The molecule has 0 bridgehead atoms. The van der Waals surface area contributed by atoms with Gasteiger partial charge in [-0.2, -0.15) is 4.98 Å². The highest BCUT2D eigenvalue weighted by molar-refractivity contribution is 7.99. The molecular weight excluding hydrogens is 346 g/mol. The first-order chi connectivity index (χ1) is 12.5. The third-order valence-electron chi connectivity index (χ3n) is 4.52. The van der Waals surface area contributed by atoms with Crippen LogP contribution in [-0.2, 0) is 13.6 Å². The van der Waals surface area contributed by atoms with E-state index in [1.165, 1.54) is 6.42 Å². The van der Waals surface area contributed by atoms with Gasteiger partial charge in [-0.25, -0.2) is 4.98 Å². The van der Waals surface area contributed by atoms with Crippen LogP contribution in [0.3, 0.4) is 0 Å². The maximum atomic E-state index is 13.1. The fourth-order valence-corrected chi connectivity index (χ4v) is 4.05. The molecule has 2 aromatic heterocycles. The zero-order valence-electron chi connectivity index (χ0n) is 16.1. The van der Waals surface area contributed by atoms with Crippen LogP contribution in [0.25, 0.3) is 11.2 Å². The van der Waals surface area contributed by atoms with Crippen molar-refractivity contribution in [2.45, 2.75) is 51.7 Å². The van der Waals surface area contributed by atoms with Gasteiger partial charge in [0.2, 0.25) is 5.95 Å². The average Bonchev–Trinajstić information content (AvgIpc) is 3.00. The molecule has 2 aromatic rings. The Hall–Kier alpha value is -1.94. The summed E-state index contributed by atoms with van der Waals surface area (Å²) in [7, 11) is 1.79. The lowest BCUT2D eigenvalue weighted by molar-refractivity contribution is 0.561. The van der Waals surface area contributed by atoms with E-state index < -0.39 is 0 Å². The fourth-order valence-electron chi connectivity index (χ4n) is 3.14. The standard InChI is InChI=1S/C19H27N5OS/c1-5-6-12-24-15-16(20-18(24)23-10-8-7-9-11-23)21-19(22(4)17(15)25)26-13-14(2)3/h14H,7-13H2,1-4H3. The van der Waals surface area contributed by atoms with Crippen LogP contribution in [0.2, 0.25) is 0 Å². The van der Waals surface area contributed by atoms with E-state index in [0.29, 0.717) is 23.6 Å². The molecule has 1 saturated heterocycles. The quantitative estimate of drug-likeness (QED) is 0.458. The van der Waals surface area contributed by atoms with Crippen LogP contribution in [0.5, 0.6) is 0 Å². The minimum absolute atomic E-state index is 0.0464. The van der Waals surface area contributed by atoms with Crippen LogP contribution in [0.1, 0.15) is 40.0 Å². The molecular formula is C19H27N5OS. The molecule has 0 aromatic carbocycles. The number of nitrogens with zero attached hydrogens (tertiary/aromatic N) is 5. The number of anilines is 1. The SMILES string of the molecule is CC#CCn1c(N2CCCCC2)nc2nc(SCC(C)C)n(C)c(=O)c21. The topological polar surface area (TPSA) is 56.0 Å². The van der Waals surface area contributed by atoms with Crippen molar-refractivity contribution in [3.05, 3.63) is 10.4 Å². The molecule has 0 unspecified atom stereocenters. The number of piperidine rings is 1. The fraction of sp³-hybridized carbons (Fsp3) is 0.632. The third-order valence-corrected chi connectivity index (χ3v) is 5.98. The van der Waals surface area contributed by atoms with E-state index in [1.807, 2.05) is 11.5 Å². The van der Waals surface area contributed by atoms with Crippen LogP contribution in [0.15, 0.2) is 9.95 Å². The average molecular weight is 374 g/mol. The first kappa shape index (κ1) is 18.8. The Morgan fingerprint density at radius 1 is 1.19 bits per heavy atom. The van der Waals surface area contributed by atoms with Gasteiger partial charge >= 0.3 is 0 Å². The molecule has 0 radical (unpaired) electrons. The van der Waals surface area contributed by atoms with Crippen molar-refractivity contribution in [1.29, 1.82) is 0 Å². The summed E-state index contributed by atoms with van der Waals surface area (Å²) in [5.41, 5.74) is 1.05.